The van der Waals surface area contributed by atoms with E-state index in [0.29, 0.717) is 106 Å². The molecule has 3 amide bonds. The number of carbonyl (C=O) groups is 8. The average Bonchev–Trinajstić information content (AvgIpc) is 1.24. The number of hydrogen-bond donors (Lipinski definition) is 1. The highest BCUT2D eigenvalue weighted by Crippen LogP contribution is 2.34. The number of nitrogens with zero attached hydrogens (tertiary/aromatic N) is 14. The lowest BCUT2D eigenvalue weighted by Gasteiger charge is -2.28. The van der Waals surface area contributed by atoms with Gasteiger partial charge in [-0.15, -0.1) is 0 Å². The summed E-state index contributed by atoms with van der Waals surface area (Å²) >= 11 is 0. The van der Waals surface area contributed by atoms with E-state index in [9.17, 15) is 38.4 Å². The second-order valence-corrected chi connectivity index (χ2v) is 37.4. The van der Waals surface area contributed by atoms with Crippen LogP contribution in [0.5, 0.6) is 0 Å². The number of rotatable bonds is 31. The third-order valence-electron chi connectivity index (χ3n) is 27.0. The molecule has 2 aliphatic heterocycles. The molecule has 1 unspecified atom stereocenters. The van der Waals surface area contributed by atoms with Crippen LogP contribution in [0, 0.1) is 27.7 Å². The first-order valence-corrected chi connectivity index (χ1v) is 49.6. The van der Waals surface area contributed by atoms with E-state index in [-0.39, 0.29) is 52.7 Å². The minimum atomic E-state index is -0.174. The van der Waals surface area contributed by atoms with Crippen molar-refractivity contribution < 1.29 is 38.4 Å². The first kappa shape index (κ1) is 102. The third kappa shape index (κ3) is 26.7. The molecule has 10 heterocycles. The Morgan fingerprint density at radius 3 is 1.08 bits per heavy atom. The number of hydrogen-bond acceptors (Lipinski definition) is 20. The Morgan fingerprint density at radius 1 is 0.329 bits per heavy atom. The summed E-state index contributed by atoms with van der Waals surface area (Å²) in [5.41, 5.74) is 30.1. The number of carbonyl (C=O) groups excluding carboxylic acids is 8. The van der Waals surface area contributed by atoms with E-state index in [1.165, 1.54) is 24.3 Å². The van der Waals surface area contributed by atoms with Crippen LogP contribution in [0.15, 0.2) is 362 Å². The lowest BCUT2D eigenvalue weighted by atomic mass is 9.85. The van der Waals surface area contributed by atoms with Crippen LogP contribution in [0.1, 0.15) is 189 Å². The van der Waals surface area contributed by atoms with E-state index < -0.39 is 0 Å². The van der Waals surface area contributed by atoms with Crippen LogP contribution in [0.3, 0.4) is 0 Å². The molecule has 0 radical (unpaired) electrons. The number of allylic oxidation sites excluding steroid dienone is 1. The number of fused-ring (bicyclic) bond motifs is 4. The number of ketones is 5. The van der Waals surface area contributed by atoms with E-state index in [4.69, 9.17) is 19.9 Å². The minimum Gasteiger partial charge on any atom is -0.346 e. The molecule has 3 aliphatic rings. The number of amides is 3. The van der Waals surface area contributed by atoms with Gasteiger partial charge in [0.25, 0.3) is 0 Å². The van der Waals surface area contributed by atoms with Gasteiger partial charge in [0.1, 0.15) is 23.3 Å². The maximum Gasteiger partial charge on any atom is 0.246 e. The summed E-state index contributed by atoms with van der Waals surface area (Å²) in [5.74, 6) is 2.83. The van der Waals surface area contributed by atoms with Crippen molar-refractivity contribution in [3.63, 3.8) is 0 Å². The SMILES string of the molecule is C=CC(=O)Cc1ccc2cc(C(=O)Cc3ccc(C)c(Cc4nccc(-c5cccnc5)n4)c3)ccc2c1.C=CC(=O)N1CCc2cc(C(=O)Cc3ccc(C)c(Cc4nccc(-c5cccnc5)n4)c3)ccc2C1.C=CC(=O)N1Cc2ccc(C(=O)Cc3ccc(C)c(Cc4nccc(-c5cccnc5)n4)c3)cc2C1.C=CC(=O)NC1CCCc2cc(C(=O)Cc3ccc(C)c(Cc4nccc(-c5cccnc5)n4)c3)ccc21. The molecule has 149 heavy (non-hydrogen) atoms. The molecule has 0 spiro atoms. The standard InChI is InChI=1S/C33H27N3O2.C32H30N4O2.C31H28N4O2.C30H26N4O2/c1-3-30(37)17-23-8-9-26-19-27(11-10-25(26)15-23)32(38)18-24-7-6-22(2)29(16-24)20-33-35-14-12-31(36-33)28-5-4-13-34-21-28;1-3-32(38)36-29-8-4-6-23-18-24(11-12-27(23)29)30(37)17-22-10-9-21(2)26(16-22)19-31-34-15-13-28(35-31)25-7-5-14-33-20-25;1-3-31(37)35-14-11-23-17-24(8-9-26(23)20-35)29(36)16-22-7-6-21(2)27(15-22)18-30-33-13-10-28(34-30)25-5-4-12-32-19-25;1-3-30(36)34-18-24-9-8-22(15-26(24)19-34)28(35)14-21-7-6-20(2)25(13-21)16-29-32-12-10-27(33-29)23-5-4-11-31-17-23/h3-16,19,21H,1,17-18,20H2,2H3;3,5,7,9-16,18,20,29H,1,4,6,8,17,19H2,2H3,(H,36,38);3-10,12-13,15,17,19H,1,11,14,16,18,20H2,2H3;3-13,15,17H,1,14,16,18-19H2,2H3. The lowest BCUT2D eigenvalue weighted by Crippen LogP contribution is -2.34. The largest absolute Gasteiger partial charge is 0.346 e. The summed E-state index contributed by atoms with van der Waals surface area (Å²) in [6, 6.07) is 76.6. The molecule has 738 valence electrons. The molecular formula is C126H111N15O8. The molecule has 1 N–H and O–H groups in total. The Bertz CT molecular complexity index is 7950. The molecule has 0 saturated heterocycles. The fourth-order valence-corrected chi connectivity index (χ4v) is 18.7. The minimum absolute atomic E-state index is 0.0126. The summed E-state index contributed by atoms with van der Waals surface area (Å²) in [6.07, 6.45) is 33.9. The van der Waals surface area contributed by atoms with Gasteiger partial charge in [-0.1, -0.05) is 166 Å². The fraction of sp³-hybridized carbons (Fsp3) is 0.175. The monoisotopic (exact) mass is 1960 g/mol. The molecule has 0 fully saturated rings. The van der Waals surface area contributed by atoms with Gasteiger partial charge in [0.05, 0.1) is 28.8 Å². The summed E-state index contributed by atoms with van der Waals surface area (Å²) in [7, 11) is 0. The van der Waals surface area contributed by atoms with E-state index >= 15 is 0 Å². The van der Waals surface area contributed by atoms with Gasteiger partial charge in [0.2, 0.25) is 17.7 Å². The Hall–Kier alpha value is -18.1. The molecule has 20 rings (SSSR count). The quantitative estimate of drug-likeness (QED) is 0.0312. The van der Waals surface area contributed by atoms with Gasteiger partial charge in [-0.3, -0.25) is 58.3 Å². The molecule has 1 atom stereocenters. The highest BCUT2D eigenvalue weighted by atomic mass is 16.2. The van der Waals surface area contributed by atoms with Gasteiger partial charge < -0.3 is 15.1 Å². The number of pyridine rings is 4. The van der Waals surface area contributed by atoms with Crippen LogP contribution in [0.2, 0.25) is 0 Å². The first-order valence-electron chi connectivity index (χ1n) is 49.6. The predicted octanol–water partition coefficient (Wildman–Crippen LogP) is 21.7. The van der Waals surface area contributed by atoms with Gasteiger partial charge in [-0.25, -0.2) is 39.9 Å². The second kappa shape index (κ2) is 48.5. The number of aryl methyl sites for hydroxylation is 5. The molecule has 8 aromatic heterocycles. The van der Waals surface area contributed by atoms with E-state index in [1.54, 1.807) is 84.2 Å². The maximum atomic E-state index is 13.2. The van der Waals surface area contributed by atoms with Crippen LogP contribution in [0.4, 0.5) is 0 Å². The van der Waals surface area contributed by atoms with Crippen molar-refractivity contribution in [3.05, 3.63) is 513 Å². The summed E-state index contributed by atoms with van der Waals surface area (Å²) in [5, 5.41) is 4.98. The van der Waals surface area contributed by atoms with Crippen molar-refractivity contribution in [1.29, 1.82) is 0 Å². The van der Waals surface area contributed by atoms with Crippen molar-refractivity contribution >= 4 is 57.4 Å². The third-order valence-corrected chi connectivity index (χ3v) is 27.0. The highest BCUT2D eigenvalue weighted by Gasteiger charge is 2.28. The number of Topliss-reactive ketones (excluding diaryl/α,β-unsaturated/α-hetero) is 4. The first-order chi connectivity index (χ1) is 72.5. The molecule has 23 nitrogen and oxygen atoms in total. The zero-order chi connectivity index (χ0) is 104. The Kier molecular flexibility index (Phi) is 33.3. The van der Waals surface area contributed by atoms with Crippen molar-refractivity contribution in [2.45, 2.75) is 137 Å². The normalized spacial score (nSPS) is 12.6. The fourth-order valence-electron chi connectivity index (χ4n) is 18.7. The van der Waals surface area contributed by atoms with Crippen LogP contribution in [-0.2, 0) is 109 Å². The summed E-state index contributed by atoms with van der Waals surface area (Å²) < 4.78 is 0. The second-order valence-electron chi connectivity index (χ2n) is 37.4. The van der Waals surface area contributed by atoms with Crippen LogP contribution in [0.25, 0.3) is 55.8 Å². The summed E-state index contributed by atoms with van der Waals surface area (Å²) in [4.78, 5) is 157. The van der Waals surface area contributed by atoms with Gasteiger partial charge in [-0.2, -0.15) is 0 Å². The van der Waals surface area contributed by atoms with Gasteiger partial charge in [-0.05, 0) is 291 Å². The highest BCUT2D eigenvalue weighted by molar-refractivity contribution is 6.02. The number of nitrogens with one attached hydrogen (secondary N) is 1. The zero-order valence-corrected chi connectivity index (χ0v) is 83.7. The number of aromatic nitrogens is 12. The lowest BCUT2D eigenvalue weighted by molar-refractivity contribution is -0.127. The van der Waals surface area contributed by atoms with Crippen molar-refractivity contribution in [2.75, 3.05) is 6.54 Å². The van der Waals surface area contributed by atoms with Gasteiger partial charge >= 0.3 is 0 Å². The van der Waals surface area contributed by atoms with Crippen LogP contribution in [-0.4, -0.2) is 123 Å². The molecule has 0 saturated carbocycles. The van der Waals surface area contributed by atoms with Crippen molar-refractivity contribution in [2.24, 2.45) is 0 Å². The average molecular weight is 1960 g/mol. The Labute approximate surface area is 866 Å². The zero-order valence-electron chi connectivity index (χ0n) is 83.7. The molecule has 23 heteroatoms. The van der Waals surface area contributed by atoms with Gasteiger partial charge in [0.15, 0.2) is 28.9 Å². The van der Waals surface area contributed by atoms with E-state index in [1.807, 2.05) is 194 Å². The maximum absolute atomic E-state index is 13.2. The molecule has 9 aromatic carbocycles. The number of benzene rings is 9. The van der Waals surface area contributed by atoms with Crippen LogP contribution < -0.4 is 5.32 Å². The van der Waals surface area contributed by atoms with Crippen molar-refractivity contribution in [3.8, 4) is 45.0 Å². The molecule has 17 aromatic rings. The molecule has 1 aliphatic carbocycles. The smallest absolute Gasteiger partial charge is 0.246 e. The summed E-state index contributed by atoms with van der Waals surface area (Å²) in [6.45, 7) is 24.7. The van der Waals surface area contributed by atoms with Gasteiger partial charge in [0, 0.05) is 203 Å². The molecular weight excluding hydrogens is 1850 g/mol. The van der Waals surface area contributed by atoms with E-state index in [2.05, 4.69) is 142 Å². The topological polar surface area (TPSA) is 310 Å². The van der Waals surface area contributed by atoms with Crippen LogP contribution >= 0.6 is 0 Å². The molecule has 0 bridgehead atoms. The van der Waals surface area contributed by atoms with E-state index in [0.717, 1.165) is 210 Å². The Balaban J connectivity index is 0.000000135. The van der Waals surface area contributed by atoms with Crippen molar-refractivity contribution in [1.82, 2.24) is 74.9 Å². The Morgan fingerprint density at radius 2 is 0.678 bits per heavy atom. The predicted molar refractivity (Wildman–Crippen MR) is 579 cm³/mol.